The van der Waals surface area contributed by atoms with Crippen LogP contribution in [0.3, 0.4) is 0 Å². The van der Waals surface area contributed by atoms with Gasteiger partial charge in [0, 0.05) is 30.8 Å². The van der Waals surface area contributed by atoms with E-state index in [1.807, 2.05) is 12.1 Å². The van der Waals surface area contributed by atoms with Crippen LogP contribution < -0.4 is 5.46 Å². The first kappa shape index (κ1) is 20.2. The molecule has 0 aromatic heterocycles. The fourth-order valence-electron chi connectivity index (χ4n) is 8.29. The molecule has 1 aliphatic heterocycles. The molecule has 1 N–H and O–H groups in total. The topological polar surface area (TPSA) is 46.5 Å². The summed E-state index contributed by atoms with van der Waals surface area (Å²) < 4.78 is 6.21. The van der Waals surface area contributed by atoms with E-state index in [2.05, 4.69) is 19.1 Å². The number of ketones is 1. The highest BCUT2D eigenvalue weighted by atomic mass is 16.5. The minimum absolute atomic E-state index is 0.116. The van der Waals surface area contributed by atoms with Crippen molar-refractivity contribution in [1.29, 1.82) is 0 Å². The molecule has 0 bridgehead atoms. The van der Waals surface area contributed by atoms with Gasteiger partial charge in [-0.25, -0.2) is 0 Å². The van der Waals surface area contributed by atoms with Crippen molar-refractivity contribution >= 4 is 19.1 Å². The van der Waals surface area contributed by atoms with E-state index in [0.29, 0.717) is 17.6 Å². The smallest absolute Gasteiger partial charge is 0.139 e. The zero-order chi connectivity index (χ0) is 21.4. The summed E-state index contributed by atoms with van der Waals surface area (Å²) >= 11 is 0. The lowest BCUT2D eigenvalue weighted by Crippen LogP contribution is -2.52. The SMILES string of the molecule is [B]c1ccc([C@H]2C[C@]3(C)C(=O)CCC3C3CC[C@@]4(O)CC5(CCCO5)CCC4=C32)cc1. The zero-order valence-corrected chi connectivity index (χ0v) is 18.7. The fraction of sp³-hybridized carbons (Fsp3) is 0.667. The molecule has 1 heterocycles. The minimum Gasteiger partial charge on any atom is -0.385 e. The molecule has 6 atom stereocenters. The summed E-state index contributed by atoms with van der Waals surface area (Å²) in [5.74, 6) is 1.50. The maximum Gasteiger partial charge on any atom is 0.139 e. The van der Waals surface area contributed by atoms with Gasteiger partial charge in [0.15, 0.2) is 0 Å². The Bertz CT molecular complexity index is 944. The zero-order valence-electron chi connectivity index (χ0n) is 18.7. The van der Waals surface area contributed by atoms with Crippen LogP contribution in [0.5, 0.6) is 0 Å². The second-order valence-corrected chi connectivity index (χ2v) is 11.3. The number of hydrogen-bond acceptors (Lipinski definition) is 3. The lowest BCUT2D eigenvalue weighted by atomic mass is 9.51. The van der Waals surface area contributed by atoms with Crippen LogP contribution in [0, 0.1) is 17.3 Å². The van der Waals surface area contributed by atoms with Crippen molar-refractivity contribution in [3.05, 3.63) is 41.0 Å². The molecule has 3 saturated carbocycles. The van der Waals surface area contributed by atoms with Gasteiger partial charge >= 0.3 is 0 Å². The maximum atomic E-state index is 13.0. The van der Waals surface area contributed by atoms with Crippen molar-refractivity contribution in [1.82, 2.24) is 0 Å². The number of allylic oxidation sites excluding steroid dienone is 1. The Hall–Kier alpha value is -1.39. The number of rotatable bonds is 1. The normalized spacial score (nSPS) is 44.3. The van der Waals surface area contributed by atoms with Crippen molar-refractivity contribution in [2.45, 2.75) is 88.3 Å². The molecule has 3 unspecified atom stereocenters. The van der Waals surface area contributed by atoms with Crippen LogP contribution in [-0.2, 0) is 9.53 Å². The van der Waals surface area contributed by atoms with Gasteiger partial charge in [0.2, 0.25) is 0 Å². The number of ether oxygens (including phenoxy) is 1. The van der Waals surface area contributed by atoms with Gasteiger partial charge in [-0.2, -0.15) is 0 Å². The molecular weight excluding hydrogens is 383 g/mol. The Labute approximate surface area is 187 Å². The first-order valence-electron chi connectivity index (χ1n) is 12.3. The standard InChI is InChI=1S/C27H33BO3/c1-25-15-20(17-3-5-18(28)6-4-17)24-19(21(25)7-8-23(25)29)9-13-27(30)16-26(11-2-14-31-26)12-10-22(24)27/h3-6,19-21,30H,2,7-16H2,1H3/t19?,20-,21?,25+,26?,27-/m1/s1. The quantitative estimate of drug-likeness (QED) is 0.553. The summed E-state index contributed by atoms with van der Waals surface area (Å²) in [6.45, 7) is 3.06. The van der Waals surface area contributed by atoms with Crippen molar-refractivity contribution in [3.63, 3.8) is 0 Å². The third kappa shape index (κ3) is 2.90. The highest BCUT2D eigenvalue weighted by molar-refractivity contribution is 6.32. The molecule has 162 valence electrons. The summed E-state index contributed by atoms with van der Waals surface area (Å²) in [6.07, 6.45) is 9.31. The number of carbonyl (C=O) groups excluding carboxylic acids is 1. The van der Waals surface area contributed by atoms with Crippen molar-refractivity contribution < 1.29 is 14.6 Å². The van der Waals surface area contributed by atoms with Crippen molar-refractivity contribution in [2.75, 3.05) is 6.61 Å². The van der Waals surface area contributed by atoms with E-state index in [1.165, 1.54) is 16.7 Å². The van der Waals surface area contributed by atoms with E-state index in [4.69, 9.17) is 12.6 Å². The van der Waals surface area contributed by atoms with Crippen molar-refractivity contribution in [3.8, 4) is 0 Å². The van der Waals surface area contributed by atoms with Gasteiger partial charge in [0.25, 0.3) is 0 Å². The van der Waals surface area contributed by atoms with Crippen LogP contribution in [-0.4, -0.2) is 36.5 Å². The van der Waals surface area contributed by atoms with E-state index in [0.717, 1.165) is 76.3 Å². The molecular formula is C27H33BO3. The Morgan fingerprint density at radius 3 is 2.65 bits per heavy atom. The molecule has 2 radical (unpaired) electrons. The number of fused-ring (bicyclic) bond motifs is 4. The van der Waals surface area contributed by atoms with Crippen LogP contribution in [0.2, 0.25) is 0 Å². The van der Waals surface area contributed by atoms with Gasteiger partial charge in [-0.15, -0.1) is 0 Å². The molecule has 4 fully saturated rings. The van der Waals surface area contributed by atoms with E-state index in [1.54, 1.807) is 0 Å². The van der Waals surface area contributed by atoms with Crippen LogP contribution in [0.25, 0.3) is 0 Å². The van der Waals surface area contributed by atoms with Crippen LogP contribution in [0.15, 0.2) is 35.4 Å². The van der Waals surface area contributed by atoms with Gasteiger partial charge in [-0.3, -0.25) is 4.79 Å². The number of aliphatic hydroxyl groups is 1. The molecule has 1 spiro atoms. The van der Waals surface area contributed by atoms with E-state index < -0.39 is 5.60 Å². The minimum atomic E-state index is -0.739. The van der Waals surface area contributed by atoms with Crippen LogP contribution in [0.4, 0.5) is 0 Å². The van der Waals surface area contributed by atoms with Gasteiger partial charge in [-0.1, -0.05) is 42.2 Å². The van der Waals surface area contributed by atoms with E-state index in [-0.39, 0.29) is 16.9 Å². The highest BCUT2D eigenvalue weighted by Gasteiger charge is 2.60. The van der Waals surface area contributed by atoms with Crippen LogP contribution >= 0.6 is 0 Å². The van der Waals surface area contributed by atoms with Gasteiger partial charge in [0.05, 0.1) is 11.2 Å². The fourth-order valence-corrected chi connectivity index (χ4v) is 8.29. The maximum absolute atomic E-state index is 13.0. The molecule has 0 amide bonds. The monoisotopic (exact) mass is 416 g/mol. The van der Waals surface area contributed by atoms with E-state index >= 15 is 0 Å². The summed E-state index contributed by atoms with van der Waals surface area (Å²) in [5.41, 5.74) is 3.71. The molecule has 1 saturated heterocycles. The van der Waals surface area contributed by atoms with Gasteiger partial charge in [0.1, 0.15) is 13.6 Å². The molecule has 5 aliphatic rings. The summed E-state index contributed by atoms with van der Waals surface area (Å²) in [6, 6.07) is 8.26. The molecule has 1 aromatic rings. The van der Waals surface area contributed by atoms with Gasteiger partial charge in [-0.05, 0) is 74.3 Å². The highest BCUT2D eigenvalue weighted by Crippen LogP contribution is 2.64. The molecule has 4 aliphatic carbocycles. The van der Waals surface area contributed by atoms with Gasteiger partial charge < -0.3 is 9.84 Å². The lowest BCUT2D eigenvalue weighted by molar-refractivity contribution is -0.129. The molecule has 4 heteroatoms. The number of benzene rings is 1. The summed E-state index contributed by atoms with van der Waals surface area (Å²) in [4.78, 5) is 13.0. The second-order valence-electron chi connectivity index (χ2n) is 11.3. The summed E-state index contributed by atoms with van der Waals surface area (Å²) in [7, 11) is 6.00. The van der Waals surface area contributed by atoms with Crippen molar-refractivity contribution in [2.24, 2.45) is 17.3 Å². The Kier molecular flexibility index (Phi) is 4.44. The lowest BCUT2D eigenvalue weighted by Gasteiger charge is -2.55. The van der Waals surface area contributed by atoms with Crippen LogP contribution in [0.1, 0.15) is 82.6 Å². The first-order chi connectivity index (χ1) is 14.8. The number of carbonyl (C=O) groups is 1. The first-order valence-corrected chi connectivity index (χ1v) is 12.3. The van der Waals surface area contributed by atoms with E-state index in [9.17, 15) is 9.90 Å². The molecule has 1 aromatic carbocycles. The largest absolute Gasteiger partial charge is 0.385 e. The average molecular weight is 416 g/mol. The third-order valence-corrected chi connectivity index (χ3v) is 9.77. The predicted octanol–water partition coefficient (Wildman–Crippen LogP) is 4.12. The number of Topliss-reactive ketones (excluding diaryl/α,β-unsaturated/α-hetero) is 1. The average Bonchev–Trinajstić information content (AvgIpc) is 3.31. The third-order valence-electron chi connectivity index (χ3n) is 9.77. The Morgan fingerprint density at radius 2 is 1.90 bits per heavy atom. The number of hydrogen-bond donors (Lipinski definition) is 1. The summed E-state index contributed by atoms with van der Waals surface area (Å²) in [5, 5.41) is 12.0. The molecule has 3 nitrogen and oxygen atoms in total. The second kappa shape index (κ2) is 6.81. The Balaban J connectivity index is 1.48. The molecule has 6 rings (SSSR count). The predicted molar refractivity (Wildman–Crippen MR) is 121 cm³/mol. The Morgan fingerprint density at radius 1 is 1.10 bits per heavy atom. The molecule has 31 heavy (non-hydrogen) atoms.